The predicted octanol–water partition coefficient (Wildman–Crippen LogP) is 1.98. The number of nitrogens with two attached hydrogens (primary N) is 1. The molecule has 2 heteroatoms. The zero-order valence-electron chi connectivity index (χ0n) is 8.29. The first-order chi connectivity index (χ1) is 6.22. The van der Waals surface area contributed by atoms with Crippen LogP contribution < -0.4 is 10.5 Å². The van der Waals surface area contributed by atoms with Gasteiger partial charge < -0.3 is 10.5 Å². The summed E-state index contributed by atoms with van der Waals surface area (Å²) in [5.41, 5.74) is 6.90. The van der Waals surface area contributed by atoms with Crippen LogP contribution in [0.5, 0.6) is 5.75 Å². The van der Waals surface area contributed by atoms with Crippen molar-refractivity contribution in [2.45, 2.75) is 26.3 Å². The minimum absolute atomic E-state index is 0.0888. The van der Waals surface area contributed by atoms with Gasteiger partial charge in [0.25, 0.3) is 0 Å². The molecule has 72 valence electrons. The average Bonchev–Trinajstić information content (AvgIpc) is 2.15. The van der Waals surface area contributed by atoms with Gasteiger partial charge in [-0.25, -0.2) is 0 Å². The van der Waals surface area contributed by atoms with Crippen molar-refractivity contribution in [3.05, 3.63) is 29.8 Å². The molecular formula is C11H17NO. The van der Waals surface area contributed by atoms with Crippen molar-refractivity contribution in [2.75, 3.05) is 6.61 Å². The van der Waals surface area contributed by atoms with Gasteiger partial charge in [0.1, 0.15) is 12.4 Å². The van der Waals surface area contributed by atoms with Gasteiger partial charge >= 0.3 is 0 Å². The first-order valence-corrected chi connectivity index (χ1v) is 4.69. The zero-order chi connectivity index (χ0) is 9.68. The Morgan fingerprint density at radius 1 is 1.31 bits per heavy atom. The summed E-state index contributed by atoms with van der Waals surface area (Å²) in [4.78, 5) is 0. The Hall–Kier alpha value is -1.02. The maximum Gasteiger partial charge on any atom is 0.119 e. The number of rotatable bonds is 4. The highest BCUT2D eigenvalue weighted by Crippen LogP contribution is 2.12. The molecule has 1 aromatic rings. The van der Waals surface area contributed by atoms with E-state index in [2.05, 4.69) is 19.1 Å². The zero-order valence-corrected chi connectivity index (χ0v) is 8.29. The van der Waals surface area contributed by atoms with E-state index in [1.807, 2.05) is 19.1 Å². The number of hydrogen-bond acceptors (Lipinski definition) is 2. The lowest BCUT2D eigenvalue weighted by atomic mass is 10.2. The Morgan fingerprint density at radius 3 is 2.38 bits per heavy atom. The summed E-state index contributed by atoms with van der Waals surface area (Å²) in [6, 6.07) is 8.22. The highest BCUT2D eigenvalue weighted by atomic mass is 16.5. The van der Waals surface area contributed by atoms with Crippen LogP contribution in [0.2, 0.25) is 0 Å². The van der Waals surface area contributed by atoms with Gasteiger partial charge in [-0.2, -0.15) is 0 Å². The van der Waals surface area contributed by atoms with Crippen molar-refractivity contribution in [1.29, 1.82) is 0 Å². The van der Waals surface area contributed by atoms with E-state index >= 15 is 0 Å². The van der Waals surface area contributed by atoms with Gasteiger partial charge in [0, 0.05) is 6.04 Å². The summed E-state index contributed by atoms with van der Waals surface area (Å²) in [7, 11) is 0. The topological polar surface area (TPSA) is 35.2 Å². The van der Waals surface area contributed by atoms with E-state index in [4.69, 9.17) is 10.5 Å². The van der Waals surface area contributed by atoms with E-state index in [1.165, 1.54) is 5.56 Å². The molecule has 0 fully saturated rings. The maximum absolute atomic E-state index is 5.57. The normalized spacial score (nSPS) is 12.5. The van der Waals surface area contributed by atoms with Crippen molar-refractivity contribution in [3.63, 3.8) is 0 Å². The van der Waals surface area contributed by atoms with Gasteiger partial charge in [-0.05, 0) is 31.0 Å². The van der Waals surface area contributed by atoms with E-state index < -0.39 is 0 Å². The van der Waals surface area contributed by atoms with Gasteiger partial charge in [-0.3, -0.25) is 0 Å². The van der Waals surface area contributed by atoms with E-state index in [0.29, 0.717) is 6.61 Å². The van der Waals surface area contributed by atoms with Crippen molar-refractivity contribution in [3.8, 4) is 5.75 Å². The molecule has 1 atom stereocenters. The molecule has 2 N–H and O–H groups in total. The van der Waals surface area contributed by atoms with Gasteiger partial charge in [0.05, 0.1) is 0 Å². The Morgan fingerprint density at radius 2 is 1.92 bits per heavy atom. The molecule has 0 spiro atoms. The molecule has 0 unspecified atom stereocenters. The first-order valence-electron chi connectivity index (χ1n) is 4.69. The van der Waals surface area contributed by atoms with Crippen LogP contribution in [0.4, 0.5) is 0 Å². The molecule has 0 saturated heterocycles. The molecule has 0 aliphatic heterocycles. The summed E-state index contributed by atoms with van der Waals surface area (Å²) in [5, 5.41) is 0. The summed E-state index contributed by atoms with van der Waals surface area (Å²) < 4.78 is 5.44. The van der Waals surface area contributed by atoms with Crippen LogP contribution in [0.1, 0.15) is 19.4 Å². The van der Waals surface area contributed by atoms with Crippen LogP contribution >= 0.6 is 0 Å². The van der Waals surface area contributed by atoms with Gasteiger partial charge in [0.15, 0.2) is 0 Å². The number of aryl methyl sites for hydroxylation is 1. The molecule has 0 aliphatic rings. The number of hydrogen-bond donors (Lipinski definition) is 1. The number of ether oxygens (including phenoxy) is 1. The second-order valence-electron chi connectivity index (χ2n) is 3.29. The molecule has 2 nitrogen and oxygen atoms in total. The van der Waals surface area contributed by atoms with Crippen molar-refractivity contribution >= 4 is 0 Å². The quantitative estimate of drug-likeness (QED) is 0.767. The molecule has 0 radical (unpaired) electrons. The summed E-state index contributed by atoms with van der Waals surface area (Å²) in [6.07, 6.45) is 1.06. The minimum atomic E-state index is 0.0888. The van der Waals surface area contributed by atoms with Crippen LogP contribution in [0.15, 0.2) is 24.3 Å². The molecular weight excluding hydrogens is 162 g/mol. The lowest BCUT2D eigenvalue weighted by Crippen LogP contribution is -2.23. The van der Waals surface area contributed by atoms with Crippen molar-refractivity contribution < 1.29 is 4.74 Å². The summed E-state index contributed by atoms with van der Waals surface area (Å²) in [5.74, 6) is 0.898. The van der Waals surface area contributed by atoms with Crippen LogP contribution in [0.3, 0.4) is 0 Å². The average molecular weight is 179 g/mol. The fourth-order valence-electron chi connectivity index (χ4n) is 1.05. The molecule has 1 aromatic carbocycles. The lowest BCUT2D eigenvalue weighted by molar-refractivity contribution is 0.296. The molecule has 0 saturated carbocycles. The smallest absolute Gasteiger partial charge is 0.119 e. The third-order valence-corrected chi connectivity index (χ3v) is 1.84. The lowest BCUT2D eigenvalue weighted by Gasteiger charge is -2.08. The van der Waals surface area contributed by atoms with Crippen LogP contribution in [-0.4, -0.2) is 12.6 Å². The van der Waals surface area contributed by atoms with Gasteiger partial charge in [-0.15, -0.1) is 0 Å². The van der Waals surface area contributed by atoms with Crippen LogP contribution in [0.25, 0.3) is 0 Å². The van der Waals surface area contributed by atoms with Gasteiger partial charge in [-0.1, -0.05) is 19.1 Å². The van der Waals surface area contributed by atoms with E-state index in [9.17, 15) is 0 Å². The fourth-order valence-corrected chi connectivity index (χ4v) is 1.05. The third kappa shape index (κ3) is 3.47. The highest BCUT2D eigenvalue weighted by molar-refractivity contribution is 5.27. The maximum atomic E-state index is 5.57. The molecule has 0 aromatic heterocycles. The number of benzene rings is 1. The second kappa shape index (κ2) is 4.87. The standard InChI is InChI=1S/C11H17NO/c1-3-10-4-6-11(7-5-10)13-8-9(2)12/h4-7,9H,3,8,12H2,1-2H3/t9-/m1/s1. The Bertz CT molecular complexity index is 241. The SMILES string of the molecule is CCc1ccc(OC[C@@H](C)N)cc1. The molecule has 0 heterocycles. The summed E-state index contributed by atoms with van der Waals surface area (Å²) in [6.45, 7) is 4.64. The van der Waals surface area contributed by atoms with Crippen LogP contribution in [0, 0.1) is 0 Å². The molecule has 0 amide bonds. The Kier molecular flexibility index (Phi) is 3.77. The monoisotopic (exact) mass is 179 g/mol. The molecule has 13 heavy (non-hydrogen) atoms. The second-order valence-corrected chi connectivity index (χ2v) is 3.29. The fraction of sp³-hybridized carbons (Fsp3) is 0.455. The Balaban J connectivity index is 2.49. The first kappa shape index (κ1) is 10.1. The highest BCUT2D eigenvalue weighted by Gasteiger charge is 1.96. The van der Waals surface area contributed by atoms with Crippen LogP contribution in [-0.2, 0) is 6.42 Å². The van der Waals surface area contributed by atoms with E-state index in [-0.39, 0.29) is 6.04 Å². The third-order valence-electron chi connectivity index (χ3n) is 1.84. The Labute approximate surface area is 79.7 Å². The predicted molar refractivity (Wildman–Crippen MR) is 55.0 cm³/mol. The molecule has 0 bridgehead atoms. The van der Waals surface area contributed by atoms with Gasteiger partial charge in [0.2, 0.25) is 0 Å². The molecule has 1 rings (SSSR count). The largest absolute Gasteiger partial charge is 0.492 e. The molecule has 0 aliphatic carbocycles. The van der Waals surface area contributed by atoms with E-state index in [0.717, 1.165) is 12.2 Å². The van der Waals surface area contributed by atoms with Crippen molar-refractivity contribution in [1.82, 2.24) is 0 Å². The van der Waals surface area contributed by atoms with Crippen molar-refractivity contribution in [2.24, 2.45) is 5.73 Å². The van der Waals surface area contributed by atoms with E-state index in [1.54, 1.807) is 0 Å². The minimum Gasteiger partial charge on any atom is -0.492 e. The summed E-state index contributed by atoms with van der Waals surface area (Å²) >= 11 is 0.